The van der Waals surface area contributed by atoms with Crippen LogP contribution in [0.5, 0.6) is 0 Å². The molecule has 3 heterocycles. The SMILES string of the molecule is CC(C)c1cc(N2CC3CCCNC3C2)ncn1. The van der Waals surface area contributed by atoms with Gasteiger partial charge in [0.25, 0.3) is 0 Å². The second-order valence-corrected chi connectivity index (χ2v) is 5.82. The molecule has 2 aliphatic heterocycles. The van der Waals surface area contributed by atoms with Crippen molar-refractivity contribution in [2.24, 2.45) is 5.92 Å². The summed E-state index contributed by atoms with van der Waals surface area (Å²) in [5.74, 6) is 2.37. The zero-order valence-electron chi connectivity index (χ0n) is 11.3. The molecule has 4 heteroatoms. The summed E-state index contributed by atoms with van der Waals surface area (Å²) >= 11 is 0. The first-order valence-electron chi connectivity index (χ1n) is 7.04. The van der Waals surface area contributed by atoms with Crippen molar-refractivity contribution in [1.82, 2.24) is 15.3 Å². The third-order valence-electron chi connectivity index (χ3n) is 4.19. The van der Waals surface area contributed by atoms with Crippen molar-refractivity contribution < 1.29 is 0 Å². The lowest BCUT2D eigenvalue weighted by Crippen LogP contribution is -2.40. The Bertz CT molecular complexity index is 404. The molecule has 0 amide bonds. The number of rotatable bonds is 2. The number of fused-ring (bicyclic) bond motifs is 1. The molecule has 98 valence electrons. The minimum absolute atomic E-state index is 0.467. The van der Waals surface area contributed by atoms with Crippen molar-refractivity contribution in [3.8, 4) is 0 Å². The van der Waals surface area contributed by atoms with Gasteiger partial charge >= 0.3 is 0 Å². The molecule has 18 heavy (non-hydrogen) atoms. The van der Waals surface area contributed by atoms with Crippen LogP contribution in [0.4, 0.5) is 5.82 Å². The Morgan fingerprint density at radius 2 is 2.22 bits per heavy atom. The van der Waals surface area contributed by atoms with Crippen molar-refractivity contribution in [3.05, 3.63) is 18.1 Å². The summed E-state index contributed by atoms with van der Waals surface area (Å²) in [4.78, 5) is 11.2. The monoisotopic (exact) mass is 246 g/mol. The first-order valence-corrected chi connectivity index (χ1v) is 7.04. The summed E-state index contributed by atoms with van der Waals surface area (Å²) in [6, 6.07) is 2.82. The molecule has 0 spiro atoms. The van der Waals surface area contributed by atoms with E-state index >= 15 is 0 Å². The highest BCUT2D eigenvalue weighted by Crippen LogP contribution is 2.28. The Morgan fingerprint density at radius 1 is 1.33 bits per heavy atom. The van der Waals surface area contributed by atoms with Crippen molar-refractivity contribution in [1.29, 1.82) is 0 Å². The predicted octanol–water partition coefficient (Wildman–Crippen LogP) is 1.79. The fourth-order valence-corrected chi connectivity index (χ4v) is 3.08. The van der Waals surface area contributed by atoms with Crippen LogP contribution in [-0.4, -0.2) is 35.6 Å². The predicted molar refractivity (Wildman–Crippen MR) is 72.8 cm³/mol. The van der Waals surface area contributed by atoms with E-state index in [1.54, 1.807) is 6.33 Å². The molecule has 2 aliphatic rings. The average Bonchev–Trinajstić information content (AvgIpc) is 2.82. The van der Waals surface area contributed by atoms with E-state index in [0.29, 0.717) is 12.0 Å². The van der Waals surface area contributed by atoms with Gasteiger partial charge in [0, 0.05) is 30.9 Å². The molecule has 1 N–H and O–H groups in total. The van der Waals surface area contributed by atoms with Gasteiger partial charge in [-0.25, -0.2) is 9.97 Å². The molecule has 0 radical (unpaired) electrons. The number of nitrogens with zero attached hydrogens (tertiary/aromatic N) is 3. The van der Waals surface area contributed by atoms with Crippen LogP contribution < -0.4 is 10.2 Å². The molecule has 2 fully saturated rings. The molecule has 2 unspecified atom stereocenters. The lowest BCUT2D eigenvalue weighted by atomic mass is 9.94. The molecule has 0 aliphatic carbocycles. The average molecular weight is 246 g/mol. The molecule has 0 saturated carbocycles. The van der Waals surface area contributed by atoms with Crippen LogP contribution in [0.3, 0.4) is 0 Å². The van der Waals surface area contributed by atoms with Crippen LogP contribution in [-0.2, 0) is 0 Å². The number of piperidine rings is 1. The highest BCUT2D eigenvalue weighted by molar-refractivity contribution is 5.41. The Morgan fingerprint density at radius 3 is 3.00 bits per heavy atom. The van der Waals surface area contributed by atoms with Crippen molar-refractivity contribution in [2.75, 3.05) is 24.5 Å². The maximum atomic E-state index is 4.45. The molecular weight excluding hydrogens is 224 g/mol. The molecule has 2 atom stereocenters. The molecule has 1 aromatic rings. The maximum absolute atomic E-state index is 4.45. The van der Waals surface area contributed by atoms with E-state index in [1.807, 2.05) is 0 Å². The summed E-state index contributed by atoms with van der Waals surface area (Å²) in [5.41, 5.74) is 1.14. The minimum atomic E-state index is 0.467. The summed E-state index contributed by atoms with van der Waals surface area (Å²) in [6.07, 6.45) is 4.38. The number of anilines is 1. The summed E-state index contributed by atoms with van der Waals surface area (Å²) in [5, 5.41) is 3.63. The third kappa shape index (κ3) is 2.21. The molecule has 0 aromatic carbocycles. The topological polar surface area (TPSA) is 41.0 Å². The van der Waals surface area contributed by atoms with E-state index in [9.17, 15) is 0 Å². The van der Waals surface area contributed by atoms with Crippen LogP contribution in [0.15, 0.2) is 12.4 Å². The number of hydrogen-bond acceptors (Lipinski definition) is 4. The Balaban J connectivity index is 1.77. The van der Waals surface area contributed by atoms with Crippen molar-refractivity contribution in [3.63, 3.8) is 0 Å². The van der Waals surface area contributed by atoms with Gasteiger partial charge in [0.2, 0.25) is 0 Å². The largest absolute Gasteiger partial charge is 0.355 e. The highest BCUT2D eigenvalue weighted by Gasteiger charge is 2.34. The van der Waals surface area contributed by atoms with Crippen molar-refractivity contribution in [2.45, 2.75) is 38.6 Å². The second kappa shape index (κ2) is 4.84. The van der Waals surface area contributed by atoms with Gasteiger partial charge in [0.05, 0.1) is 0 Å². The smallest absolute Gasteiger partial charge is 0.132 e. The van der Waals surface area contributed by atoms with Gasteiger partial charge in [-0.3, -0.25) is 0 Å². The summed E-state index contributed by atoms with van der Waals surface area (Å²) in [7, 11) is 0. The van der Waals surface area contributed by atoms with Gasteiger partial charge in [0.1, 0.15) is 12.1 Å². The number of nitrogens with one attached hydrogen (secondary N) is 1. The van der Waals surface area contributed by atoms with E-state index in [1.165, 1.54) is 19.4 Å². The Hall–Kier alpha value is -1.16. The minimum Gasteiger partial charge on any atom is -0.355 e. The maximum Gasteiger partial charge on any atom is 0.132 e. The molecule has 1 aromatic heterocycles. The van der Waals surface area contributed by atoms with Gasteiger partial charge in [-0.05, 0) is 31.2 Å². The van der Waals surface area contributed by atoms with Gasteiger partial charge < -0.3 is 10.2 Å². The van der Waals surface area contributed by atoms with Gasteiger partial charge in [-0.2, -0.15) is 0 Å². The van der Waals surface area contributed by atoms with Crippen LogP contribution in [0.25, 0.3) is 0 Å². The van der Waals surface area contributed by atoms with Crippen molar-refractivity contribution >= 4 is 5.82 Å². The quantitative estimate of drug-likeness (QED) is 0.864. The summed E-state index contributed by atoms with van der Waals surface area (Å²) in [6.45, 7) is 7.77. The third-order valence-corrected chi connectivity index (χ3v) is 4.19. The van der Waals surface area contributed by atoms with E-state index in [2.05, 4.69) is 40.1 Å². The van der Waals surface area contributed by atoms with E-state index in [0.717, 1.165) is 30.5 Å². The zero-order valence-corrected chi connectivity index (χ0v) is 11.3. The first kappa shape index (κ1) is 11.9. The van der Waals surface area contributed by atoms with Gasteiger partial charge in [-0.1, -0.05) is 13.8 Å². The highest BCUT2D eigenvalue weighted by atomic mass is 15.2. The van der Waals surface area contributed by atoms with Gasteiger partial charge in [0.15, 0.2) is 0 Å². The Labute approximate surface area is 109 Å². The standard InChI is InChI=1S/C14H22N4/c1-10(2)12-6-14(17-9-16-12)18-7-11-4-3-5-15-13(11)8-18/h6,9-11,13,15H,3-5,7-8H2,1-2H3. The lowest BCUT2D eigenvalue weighted by molar-refractivity contribution is 0.340. The fraction of sp³-hybridized carbons (Fsp3) is 0.714. The number of aromatic nitrogens is 2. The molecule has 2 saturated heterocycles. The fourth-order valence-electron chi connectivity index (χ4n) is 3.08. The Kier molecular flexibility index (Phi) is 3.20. The first-order chi connectivity index (χ1) is 8.74. The van der Waals surface area contributed by atoms with Crippen LogP contribution in [0, 0.1) is 5.92 Å². The van der Waals surface area contributed by atoms with E-state index in [-0.39, 0.29) is 0 Å². The molecule has 0 bridgehead atoms. The van der Waals surface area contributed by atoms with E-state index in [4.69, 9.17) is 0 Å². The second-order valence-electron chi connectivity index (χ2n) is 5.82. The molecule has 3 rings (SSSR count). The van der Waals surface area contributed by atoms with E-state index < -0.39 is 0 Å². The molecule has 4 nitrogen and oxygen atoms in total. The molecular formula is C14H22N4. The van der Waals surface area contributed by atoms with Crippen LogP contribution in [0.2, 0.25) is 0 Å². The normalized spacial score (nSPS) is 27.6. The van der Waals surface area contributed by atoms with Gasteiger partial charge in [-0.15, -0.1) is 0 Å². The van der Waals surface area contributed by atoms with Crippen LogP contribution >= 0.6 is 0 Å². The lowest BCUT2D eigenvalue weighted by Gasteiger charge is -2.24. The number of hydrogen-bond donors (Lipinski definition) is 1. The summed E-state index contributed by atoms with van der Waals surface area (Å²) < 4.78 is 0. The van der Waals surface area contributed by atoms with Crippen LogP contribution in [0.1, 0.15) is 38.3 Å². The zero-order chi connectivity index (χ0) is 12.5.